The molecular weight excluding hydrogens is 428 g/mol. The zero-order chi connectivity index (χ0) is 22.3. The van der Waals surface area contributed by atoms with E-state index in [0.717, 1.165) is 37.2 Å². The molecule has 1 saturated heterocycles. The smallest absolute Gasteiger partial charge is 0.324 e. The highest BCUT2D eigenvalue weighted by atomic mass is 32.2. The van der Waals surface area contributed by atoms with E-state index in [-0.39, 0.29) is 11.6 Å². The zero-order valence-electron chi connectivity index (χ0n) is 17.6. The second-order valence-electron chi connectivity index (χ2n) is 7.16. The van der Waals surface area contributed by atoms with Crippen LogP contribution in [0.3, 0.4) is 0 Å². The lowest BCUT2D eigenvalue weighted by molar-refractivity contribution is -0.759. The van der Waals surface area contributed by atoms with E-state index in [1.54, 1.807) is 30.2 Å². The fourth-order valence-corrected chi connectivity index (χ4v) is 4.09. The molecule has 3 heterocycles. The van der Waals surface area contributed by atoms with Gasteiger partial charge in [0.05, 0.1) is 36.2 Å². The summed E-state index contributed by atoms with van der Waals surface area (Å²) in [7, 11) is 1.61. The summed E-state index contributed by atoms with van der Waals surface area (Å²) in [5.74, 6) is 0.537. The van der Waals surface area contributed by atoms with Crippen LogP contribution in [0.15, 0.2) is 57.1 Å². The monoisotopic (exact) mass is 450 g/mol. The topological polar surface area (TPSA) is 114 Å². The third kappa shape index (κ3) is 5.18. The van der Waals surface area contributed by atoms with Gasteiger partial charge in [0.1, 0.15) is 16.8 Å². The number of benzene rings is 1. The largest absolute Gasteiger partial charge is 0.861 e. The number of methoxy groups -OCH3 is 1. The first kappa shape index (κ1) is 21.6. The van der Waals surface area contributed by atoms with Gasteiger partial charge in [-0.25, -0.2) is 9.98 Å². The second kappa shape index (κ2) is 10.2. The molecule has 32 heavy (non-hydrogen) atoms. The van der Waals surface area contributed by atoms with Crippen LogP contribution < -0.4 is 19.6 Å². The Kier molecular flexibility index (Phi) is 6.87. The number of hydrogen-bond donors (Lipinski definition) is 0. The van der Waals surface area contributed by atoms with E-state index in [1.165, 1.54) is 18.2 Å². The highest BCUT2D eigenvalue weighted by Crippen LogP contribution is 2.26. The third-order valence-corrected chi connectivity index (χ3v) is 5.98. The van der Waals surface area contributed by atoms with Crippen LogP contribution in [0.1, 0.15) is 24.8 Å². The molecule has 0 aliphatic carbocycles. The van der Waals surface area contributed by atoms with Gasteiger partial charge in [-0.2, -0.15) is 10.3 Å². The van der Waals surface area contributed by atoms with Crippen LogP contribution in [0.25, 0.3) is 11.3 Å². The molecule has 9 nitrogen and oxygen atoms in total. The van der Waals surface area contributed by atoms with Crippen molar-refractivity contribution in [3.63, 3.8) is 0 Å². The number of rotatable bonds is 7. The molecule has 0 saturated carbocycles. The lowest BCUT2D eigenvalue weighted by Gasteiger charge is -2.17. The number of pyridine rings is 1. The molecule has 0 atom stereocenters. The molecule has 1 aliphatic rings. The van der Waals surface area contributed by atoms with Gasteiger partial charge >= 0.3 is 5.88 Å². The van der Waals surface area contributed by atoms with E-state index in [4.69, 9.17) is 9.26 Å². The van der Waals surface area contributed by atoms with E-state index in [0.29, 0.717) is 16.3 Å². The number of ether oxygens (including phenoxy) is 1. The number of aromatic nitrogens is 3. The van der Waals surface area contributed by atoms with Crippen molar-refractivity contribution in [2.24, 2.45) is 4.99 Å². The first-order valence-electron chi connectivity index (χ1n) is 10.2. The predicted molar refractivity (Wildman–Crippen MR) is 117 cm³/mol. The highest BCUT2D eigenvalue weighted by molar-refractivity contribution is 7.99. The summed E-state index contributed by atoms with van der Waals surface area (Å²) in [6.45, 7) is 1.79. The first-order valence-corrected chi connectivity index (χ1v) is 11.2. The van der Waals surface area contributed by atoms with E-state index < -0.39 is 5.90 Å². The van der Waals surface area contributed by atoms with Gasteiger partial charge in [-0.1, -0.05) is 11.8 Å². The minimum absolute atomic E-state index is 0.0260. The van der Waals surface area contributed by atoms with Gasteiger partial charge in [-0.15, -0.1) is 0 Å². The Labute approximate surface area is 189 Å². The zero-order valence-corrected chi connectivity index (χ0v) is 18.4. The quantitative estimate of drug-likeness (QED) is 0.233. The van der Waals surface area contributed by atoms with Gasteiger partial charge in [0, 0.05) is 11.3 Å². The van der Waals surface area contributed by atoms with Crippen molar-refractivity contribution >= 4 is 23.5 Å². The minimum atomic E-state index is -0.391. The van der Waals surface area contributed by atoms with Crippen LogP contribution in [-0.4, -0.2) is 42.1 Å². The Morgan fingerprint density at radius 1 is 1.25 bits per heavy atom. The average Bonchev–Trinajstić information content (AvgIpc) is 3.31. The van der Waals surface area contributed by atoms with Gasteiger partial charge in [0.2, 0.25) is 5.27 Å². The van der Waals surface area contributed by atoms with Gasteiger partial charge < -0.3 is 9.84 Å². The van der Waals surface area contributed by atoms with Crippen LogP contribution >= 0.6 is 11.8 Å². The standard InChI is InChI=1S/C22H22N6O3S/c1-30-18-8-5-16(6-9-18)19-10-7-17(13-23)22(24-19)32-15-20(29)25-21-14-28(26-31-21)27-11-3-2-4-12-27/h5-10,14H,2-4,11-12,15H2,1H3. The minimum Gasteiger partial charge on any atom is -0.861 e. The summed E-state index contributed by atoms with van der Waals surface area (Å²) in [5, 5.41) is 28.3. The summed E-state index contributed by atoms with van der Waals surface area (Å²) in [6.07, 6.45) is 5.02. The van der Waals surface area contributed by atoms with Crippen LogP contribution in [0.2, 0.25) is 0 Å². The van der Waals surface area contributed by atoms with Gasteiger partial charge in [0.25, 0.3) is 6.20 Å². The Bertz CT molecular complexity index is 1130. The molecule has 1 aromatic carbocycles. The fraction of sp³-hybridized carbons (Fsp3) is 0.318. The van der Waals surface area contributed by atoms with E-state index in [9.17, 15) is 10.4 Å². The number of hydrogen-bond acceptors (Lipinski definition) is 9. The Morgan fingerprint density at radius 2 is 2.03 bits per heavy atom. The number of nitrogens with zero attached hydrogens (tertiary/aromatic N) is 6. The second-order valence-corrected chi connectivity index (χ2v) is 8.12. The SMILES string of the molecule is COc1ccc(-c2ccc(C#N)c(SC/C([O-])=N/c3c[n+](N4CCCCC4)no3)n2)cc1. The van der Waals surface area contributed by atoms with Crippen molar-refractivity contribution in [3.8, 4) is 23.1 Å². The van der Waals surface area contributed by atoms with E-state index in [1.807, 2.05) is 24.3 Å². The van der Waals surface area contributed by atoms with Crippen LogP contribution in [-0.2, 0) is 0 Å². The Hall–Kier alpha value is -3.58. The summed E-state index contributed by atoms with van der Waals surface area (Å²) in [4.78, 5) is 10.2. The van der Waals surface area contributed by atoms with Crippen molar-refractivity contribution in [2.75, 3.05) is 31.0 Å². The van der Waals surface area contributed by atoms with Crippen molar-refractivity contribution in [3.05, 3.63) is 48.2 Å². The Morgan fingerprint density at radius 3 is 2.75 bits per heavy atom. The maximum atomic E-state index is 12.4. The number of thioether (sulfide) groups is 1. The number of aliphatic imine (C=N–C) groups is 1. The van der Waals surface area contributed by atoms with Crippen LogP contribution in [0.5, 0.6) is 5.75 Å². The molecule has 3 aromatic rings. The molecule has 0 spiro atoms. The van der Waals surface area contributed by atoms with Crippen LogP contribution in [0, 0.1) is 11.3 Å². The maximum absolute atomic E-state index is 12.4. The number of nitriles is 1. The molecule has 0 bridgehead atoms. The predicted octanol–water partition coefficient (Wildman–Crippen LogP) is 2.21. The van der Waals surface area contributed by atoms with Crippen molar-refractivity contribution < 1.29 is 19.2 Å². The lowest BCUT2D eigenvalue weighted by atomic mass is 10.1. The molecule has 10 heteroatoms. The molecular formula is C22H22N6O3S. The molecule has 0 amide bonds. The fourth-order valence-electron chi connectivity index (χ4n) is 3.34. The van der Waals surface area contributed by atoms with Gasteiger partial charge in [-0.3, -0.25) is 4.52 Å². The lowest BCUT2D eigenvalue weighted by Crippen LogP contribution is -2.60. The van der Waals surface area contributed by atoms with E-state index in [2.05, 4.69) is 26.3 Å². The van der Waals surface area contributed by atoms with Gasteiger partial charge in [0.15, 0.2) is 0 Å². The molecule has 1 aliphatic heterocycles. The summed E-state index contributed by atoms with van der Waals surface area (Å²) in [5.41, 5.74) is 2.00. The molecule has 2 aromatic heterocycles. The van der Waals surface area contributed by atoms with Gasteiger partial charge in [-0.05, 0) is 61.6 Å². The summed E-state index contributed by atoms with van der Waals surface area (Å²) >= 11 is 1.17. The normalized spacial score (nSPS) is 14.2. The van der Waals surface area contributed by atoms with Crippen LogP contribution in [0.4, 0.5) is 5.88 Å². The van der Waals surface area contributed by atoms with Crippen molar-refractivity contribution in [1.29, 1.82) is 5.26 Å². The molecule has 164 valence electrons. The third-order valence-electron chi connectivity index (χ3n) is 5.00. The van der Waals surface area contributed by atoms with Crippen molar-refractivity contribution in [1.82, 2.24) is 10.3 Å². The summed E-state index contributed by atoms with van der Waals surface area (Å²) < 4.78 is 10.4. The molecule has 0 radical (unpaired) electrons. The number of piperidine rings is 1. The average molecular weight is 451 g/mol. The maximum Gasteiger partial charge on any atom is 0.324 e. The summed E-state index contributed by atoms with van der Waals surface area (Å²) in [6, 6.07) is 13.1. The van der Waals surface area contributed by atoms with E-state index >= 15 is 0 Å². The highest BCUT2D eigenvalue weighted by Gasteiger charge is 2.22. The first-order chi connectivity index (χ1) is 15.7. The molecule has 0 unspecified atom stereocenters. The van der Waals surface area contributed by atoms with Crippen molar-refractivity contribution in [2.45, 2.75) is 24.3 Å². The molecule has 0 N–H and O–H groups in total. The Balaban J connectivity index is 1.45. The molecule has 4 rings (SSSR count). The molecule has 1 fully saturated rings.